The second kappa shape index (κ2) is 6.77. The Morgan fingerprint density at radius 2 is 2.04 bits per heavy atom. The number of aryl methyl sites for hydroxylation is 1. The van der Waals surface area contributed by atoms with E-state index in [1.165, 1.54) is 31.4 Å². The fraction of sp³-hybridized carbons (Fsp3) is 0.474. The van der Waals surface area contributed by atoms with E-state index in [2.05, 4.69) is 20.2 Å². The maximum Gasteiger partial charge on any atom is 0.238 e. The number of aromatic nitrogens is 2. The molecule has 5 heteroatoms. The number of nitrogens with zero attached hydrogens (tertiary/aromatic N) is 2. The van der Waals surface area contributed by atoms with Crippen molar-refractivity contribution < 1.29 is 4.79 Å². The zero-order valence-corrected chi connectivity index (χ0v) is 13.9. The van der Waals surface area contributed by atoms with Crippen molar-refractivity contribution in [3.63, 3.8) is 0 Å². The predicted octanol–water partition coefficient (Wildman–Crippen LogP) is 2.82. The van der Waals surface area contributed by atoms with Crippen LogP contribution in [0.2, 0.25) is 0 Å². The highest BCUT2D eigenvalue weighted by Crippen LogP contribution is 2.27. The highest BCUT2D eigenvalue weighted by atomic mass is 16.1. The summed E-state index contributed by atoms with van der Waals surface area (Å²) in [5.41, 5.74) is 3.27. The highest BCUT2D eigenvalue weighted by molar-refractivity contribution is 5.92. The summed E-state index contributed by atoms with van der Waals surface area (Å²) < 4.78 is 2.32. The molecule has 2 aromatic rings. The molecule has 0 unspecified atom stereocenters. The SMILES string of the molecule is O=C(CNCC1CC1)Nc1ccc(-c2ncc3n2CCCC3)cc1. The second-order valence-corrected chi connectivity index (χ2v) is 6.88. The molecule has 1 aliphatic heterocycles. The molecule has 126 valence electrons. The van der Waals surface area contributed by atoms with Crippen LogP contribution in [-0.2, 0) is 17.8 Å². The third kappa shape index (κ3) is 3.51. The van der Waals surface area contributed by atoms with Crippen LogP contribution in [0.5, 0.6) is 0 Å². The van der Waals surface area contributed by atoms with E-state index in [0.29, 0.717) is 6.54 Å². The highest BCUT2D eigenvalue weighted by Gasteiger charge is 2.20. The van der Waals surface area contributed by atoms with E-state index >= 15 is 0 Å². The average Bonchev–Trinajstić information content (AvgIpc) is 3.32. The zero-order chi connectivity index (χ0) is 16.4. The van der Waals surface area contributed by atoms with Gasteiger partial charge in [-0.15, -0.1) is 0 Å². The number of nitrogens with one attached hydrogen (secondary N) is 2. The molecule has 2 N–H and O–H groups in total. The van der Waals surface area contributed by atoms with Crippen LogP contribution < -0.4 is 10.6 Å². The standard InChI is InChI=1S/C19H24N4O/c24-18(13-20-11-14-4-5-14)22-16-8-6-15(7-9-16)19-21-12-17-3-1-2-10-23(17)19/h6-9,12,14,20H,1-5,10-11,13H2,(H,22,24). The van der Waals surface area contributed by atoms with Gasteiger partial charge in [-0.1, -0.05) is 0 Å². The van der Waals surface area contributed by atoms with Crippen LogP contribution in [0.3, 0.4) is 0 Å². The van der Waals surface area contributed by atoms with Gasteiger partial charge in [0.25, 0.3) is 0 Å². The summed E-state index contributed by atoms with van der Waals surface area (Å²) in [4.78, 5) is 16.5. The molecule has 2 aliphatic rings. The van der Waals surface area contributed by atoms with E-state index in [4.69, 9.17) is 0 Å². The van der Waals surface area contributed by atoms with Gasteiger partial charge in [-0.2, -0.15) is 0 Å². The lowest BCUT2D eigenvalue weighted by Gasteiger charge is -2.16. The van der Waals surface area contributed by atoms with Gasteiger partial charge >= 0.3 is 0 Å². The summed E-state index contributed by atoms with van der Waals surface area (Å²) in [6.45, 7) is 2.39. The van der Waals surface area contributed by atoms with E-state index in [9.17, 15) is 4.79 Å². The number of imidazole rings is 1. The van der Waals surface area contributed by atoms with Crippen molar-refractivity contribution in [1.82, 2.24) is 14.9 Å². The quantitative estimate of drug-likeness (QED) is 0.859. The summed E-state index contributed by atoms with van der Waals surface area (Å²) in [7, 11) is 0. The van der Waals surface area contributed by atoms with Crippen LogP contribution in [0, 0.1) is 5.92 Å². The van der Waals surface area contributed by atoms with E-state index in [0.717, 1.165) is 42.5 Å². The molecule has 0 saturated heterocycles. The average molecular weight is 324 g/mol. The number of amides is 1. The number of carbonyl (C=O) groups is 1. The minimum absolute atomic E-state index is 0.0154. The van der Waals surface area contributed by atoms with E-state index in [1.807, 2.05) is 30.5 Å². The third-order valence-electron chi connectivity index (χ3n) is 4.85. The van der Waals surface area contributed by atoms with Crippen LogP contribution in [-0.4, -0.2) is 28.5 Å². The van der Waals surface area contributed by atoms with Gasteiger partial charge in [0, 0.05) is 29.7 Å². The molecule has 1 saturated carbocycles. The van der Waals surface area contributed by atoms with Crippen molar-refractivity contribution in [1.29, 1.82) is 0 Å². The van der Waals surface area contributed by atoms with Crippen LogP contribution in [0.1, 0.15) is 31.4 Å². The molecular weight excluding hydrogens is 300 g/mol. The van der Waals surface area contributed by atoms with Gasteiger partial charge < -0.3 is 15.2 Å². The molecule has 5 nitrogen and oxygen atoms in total. The molecule has 1 amide bonds. The molecule has 1 aromatic carbocycles. The van der Waals surface area contributed by atoms with Gasteiger partial charge in [-0.05, 0) is 68.8 Å². The monoisotopic (exact) mass is 324 g/mol. The Bertz CT molecular complexity index is 715. The fourth-order valence-electron chi connectivity index (χ4n) is 3.29. The minimum atomic E-state index is 0.0154. The summed E-state index contributed by atoms with van der Waals surface area (Å²) in [5, 5.41) is 6.15. The summed E-state index contributed by atoms with van der Waals surface area (Å²) in [5.74, 6) is 1.84. The fourth-order valence-corrected chi connectivity index (χ4v) is 3.29. The molecule has 1 fully saturated rings. The number of anilines is 1. The molecular formula is C19H24N4O. The Labute approximate surface area is 142 Å². The number of hydrogen-bond donors (Lipinski definition) is 2. The lowest BCUT2D eigenvalue weighted by atomic mass is 10.1. The van der Waals surface area contributed by atoms with Gasteiger partial charge in [0.05, 0.1) is 6.54 Å². The lowest BCUT2D eigenvalue weighted by Crippen LogP contribution is -2.29. The number of hydrogen-bond acceptors (Lipinski definition) is 3. The topological polar surface area (TPSA) is 59.0 Å². The molecule has 2 heterocycles. The number of benzene rings is 1. The maximum absolute atomic E-state index is 11.9. The number of rotatable bonds is 6. The molecule has 1 aromatic heterocycles. The number of fused-ring (bicyclic) bond motifs is 1. The summed E-state index contributed by atoms with van der Waals surface area (Å²) >= 11 is 0. The zero-order valence-electron chi connectivity index (χ0n) is 13.9. The third-order valence-corrected chi connectivity index (χ3v) is 4.85. The Morgan fingerprint density at radius 3 is 2.83 bits per heavy atom. The molecule has 0 spiro atoms. The Morgan fingerprint density at radius 1 is 1.21 bits per heavy atom. The Hall–Kier alpha value is -2.14. The summed E-state index contributed by atoms with van der Waals surface area (Å²) in [6.07, 6.45) is 8.19. The maximum atomic E-state index is 11.9. The van der Waals surface area contributed by atoms with Gasteiger partial charge in [-0.3, -0.25) is 4.79 Å². The first kappa shape index (κ1) is 15.4. The van der Waals surface area contributed by atoms with Gasteiger partial charge in [-0.25, -0.2) is 4.98 Å². The lowest BCUT2D eigenvalue weighted by molar-refractivity contribution is -0.115. The molecule has 4 rings (SSSR count). The predicted molar refractivity (Wildman–Crippen MR) is 94.8 cm³/mol. The van der Waals surface area contributed by atoms with E-state index in [-0.39, 0.29) is 5.91 Å². The van der Waals surface area contributed by atoms with E-state index in [1.54, 1.807) is 0 Å². The van der Waals surface area contributed by atoms with Crippen molar-refractivity contribution in [2.24, 2.45) is 5.92 Å². The number of carbonyl (C=O) groups excluding carboxylic acids is 1. The van der Waals surface area contributed by atoms with Crippen molar-refractivity contribution >= 4 is 11.6 Å². The second-order valence-electron chi connectivity index (χ2n) is 6.88. The molecule has 0 bridgehead atoms. The van der Waals surface area contributed by atoms with Gasteiger partial charge in [0.1, 0.15) is 5.82 Å². The first-order chi connectivity index (χ1) is 11.8. The smallest absolute Gasteiger partial charge is 0.238 e. The van der Waals surface area contributed by atoms with Crippen molar-refractivity contribution in [3.8, 4) is 11.4 Å². The van der Waals surface area contributed by atoms with Crippen LogP contribution >= 0.6 is 0 Å². The van der Waals surface area contributed by atoms with Crippen molar-refractivity contribution in [2.45, 2.75) is 38.6 Å². The Balaban J connectivity index is 1.37. The normalized spacial score (nSPS) is 16.7. The molecule has 1 aliphatic carbocycles. The van der Waals surface area contributed by atoms with Crippen molar-refractivity contribution in [3.05, 3.63) is 36.2 Å². The largest absolute Gasteiger partial charge is 0.328 e. The van der Waals surface area contributed by atoms with Crippen LogP contribution in [0.25, 0.3) is 11.4 Å². The van der Waals surface area contributed by atoms with Gasteiger partial charge in [0.15, 0.2) is 0 Å². The molecule has 0 radical (unpaired) electrons. The molecule has 0 atom stereocenters. The molecule has 24 heavy (non-hydrogen) atoms. The summed E-state index contributed by atoms with van der Waals surface area (Å²) in [6, 6.07) is 7.99. The van der Waals surface area contributed by atoms with E-state index < -0.39 is 0 Å². The minimum Gasteiger partial charge on any atom is -0.328 e. The first-order valence-electron chi connectivity index (χ1n) is 8.95. The van der Waals surface area contributed by atoms with Crippen LogP contribution in [0.4, 0.5) is 5.69 Å². The first-order valence-corrected chi connectivity index (χ1v) is 8.95. The van der Waals surface area contributed by atoms with Crippen LogP contribution in [0.15, 0.2) is 30.5 Å². The van der Waals surface area contributed by atoms with Gasteiger partial charge in [0.2, 0.25) is 5.91 Å². The van der Waals surface area contributed by atoms with Crippen molar-refractivity contribution in [2.75, 3.05) is 18.4 Å². The Kier molecular flexibility index (Phi) is 4.34.